The quantitative estimate of drug-likeness (QED) is 0.901. The summed E-state index contributed by atoms with van der Waals surface area (Å²) in [4.78, 5) is 29.6. The maximum atomic E-state index is 12.0. The van der Waals surface area contributed by atoms with Crippen LogP contribution in [0, 0.1) is 6.92 Å². The van der Waals surface area contributed by atoms with E-state index in [4.69, 9.17) is 21.4 Å². The van der Waals surface area contributed by atoms with Crippen molar-refractivity contribution in [3.8, 4) is 17.1 Å². The van der Waals surface area contributed by atoms with Crippen LogP contribution in [0.4, 0.5) is 0 Å². The molecule has 0 aliphatic rings. The van der Waals surface area contributed by atoms with Crippen LogP contribution in [0.5, 0.6) is 5.75 Å². The number of halogens is 1. The number of aryl methyl sites for hydroxylation is 1. The van der Waals surface area contributed by atoms with E-state index in [1.54, 1.807) is 25.1 Å². The Labute approximate surface area is 125 Å². The van der Waals surface area contributed by atoms with Crippen LogP contribution in [0.1, 0.15) is 11.3 Å². The molecule has 6 nitrogen and oxygen atoms in total. The Kier molecular flexibility index (Phi) is 4.28. The normalized spacial score (nSPS) is 10.4. The Morgan fingerprint density at radius 3 is 2.76 bits per heavy atom. The zero-order valence-corrected chi connectivity index (χ0v) is 12.2. The van der Waals surface area contributed by atoms with E-state index in [-0.39, 0.29) is 12.0 Å². The lowest BCUT2D eigenvalue weighted by Crippen LogP contribution is -2.20. The third-order valence-corrected chi connectivity index (χ3v) is 3.20. The fourth-order valence-electron chi connectivity index (χ4n) is 1.96. The van der Waals surface area contributed by atoms with Crippen molar-refractivity contribution in [1.29, 1.82) is 0 Å². The van der Waals surface area contributed by atoms with Crippen LogP contribution in [-0.2, 0) is 11.2 Å². The third-order valence-electron chi connectivity index (χ3n) is 2.97. The van der Waals surface area contributed by atoms with Crippen molar-refractivity contribution in [3.05, 3.63) is 44.8 Å². The molecule has 0 bridgehead atoms. The average Bonchev–Trinajstić information content (AvgIpc) is 2.42. The fourth-order valence-corrected chi connectivity index (χ4v) is 2.12. The molecule has 0 aliphatic heterocycles. The number of rotatable bonds is 4. The topological polar surface area (TPSA) is 92.3 Å². The van der Waals surface area contributed by atoms with Crippen LogP contribution in [0.2, 0.25) is 5.02 Å². The molecule has 1 heterocycles. The van der Waals surface area contributed by atoms with Gasteiger partial charge in [0.15, 0.2) is 0 Å². The molecule has 2 N–H and O–H groups in total. The number of carboxylic acid groups (broad SMARTS) is 1. The SMILES string of the molecule is COc1cc(Cl)ccc1-c1nc(C)c(CC(=O)O)c(=O)[nH]1. The number of H-pyrrole nitrogens is 1. The number of aliphatic carboxylic acids is 1. The first-order chi connectivity index (χ1) is 9.92. The first-order valence-corrected chi connectivity index (χ1v) is 6.45. The number of aromatic nitrogens is 2. The highest BCUT2D eigenvalue weighted by atomic mass is 35.5. The Hall–Kier alpha value is -2.34. The zero-order chi connectivity index (χ0) is 15.6. The number of hydrogen-bond acceptors (Lipinski definition) is 4. The molecular formula is C14H13ClN2O4. The first kappa shape index (κ1) is 15.1. The summed E-state index contributed by atoms with van der Waals surface area (Å²) in [5.41, 5.74) is 0.605. The van der Waals surface area contributed by atoms with Gasteiger partial charge < -0.3 is 14.8 Å². The maximum Gasteiger partial charge on any atom is 0.308 e. The highest BCUT2D eigenvalue weighted by Gasteiger charge is 2.15. The molecule has 2 aromatic rings. The van der Waals surface area contributed by atoms with Gasteiger partial charge in [-0.15, -0.1) is 0 Å². The molecule has 21 heavy (non-hydrogen) atoms. The minimum atomic E-state index is -1.08. The summed E-state index contributed by atoms with van der Waals surface area (Å²) in [5.74, 6) is -0.307. The number of benzene rings is 1. The number of nitrogens with zero attached hydrogens (tertiary/aromatic N) is 1. The van der Waals surface area contributed by atoms with Crippen molar-refractivity contribution in [2.24, 2.45) is 0 Å². The van der Waals surface area contributed by atoms with Crippen LogP contribution >= 0.6 is 11.6 Å². The molecule has 0 atom stereocenters. The molecule has 0 saturated carbocycles. The minimum absolute atomic E-state index is 0.138. The van der Waals surface area contributed by atoms with Crippen LogP contribution in [-0.4, -0.2) is 28.2 Å². The molecule has 1 aromatic heterocycles. The van der Waals surface area contributed by atoms with E-state index >= 15 is 0 Å². The summed E-state index contributed by atoms with van der Waals surface area (Å²) in [6, 6.07) is 4.94. The Bertz CT molecular complexity index is 755. The molecule has 1 aromatic carbocycles. The zero-order valence-electron chi connectivity index (χ0n) is 11.4. The second-order valence-corrected chi connectivity index (χ2v) is 4.83. The largest absolute Gasteiger partial charge is 0.496 e. The Balaban J connectivity index is 2.57. The van der Waals surface area contributed by atoms with E-state index in [1.165, 1.54) is 7.11 Å². The number of aromatic amines is 1. The summed E-state index contributed by atoms with van der Waals surface area (Å²) in [7, 11) is 1.49. The highest BCUT2D eigenvalue weighted by Crippen LogP contribution is 2.29. The molecule has 0 fully saturated rings. The monoisotopic (exact) mass is 308 g/mol. The minimum Gasteiger partial charge on any atom is -0.496 e. The lowest BCUT2D eigenvalue weighted by atomic mass is 10.1. The van der Waals surface area contributed by atoms with Gasteiger partial charge >= 0.3 is 5.97 Å². The molecule has 2 rings (SSSR count). The molecule has 0 aliphatic carbocycles. The second kappa shape index (κ2) is 5.97. The molecule has 0 amide bonds. The van der Waals surface area contributed by atoms with Gasteiger partial charge in [0, 0.05) is 16.3 Å². The molecular weight excluding hydrogens is 296 g/mol. The predicted molar refractivity (Wildman–Crippen MR) is 77.9 cm³/mol. The highest BCUT2D eigenvalue weighted by molar-refractivity contribution is 6.30. The predicted octanol–water partition coefficient (Wildman–Crippen LogP) is 2.03. The molecule has 7 heteroatoms. The number of ether oxygens (including phenoxy) is 1. The number of hydrogen-bond donors (Lipinski definition) is 2. The van der Waals surface area contributed by atoms with Gasteiger partial charge in [0.05, 0.1) is 19.1 Å². The van der Waals surface area contributed by atoms with Crippen LogP contribution in [0.3, 0.4) is 0 Å². The lowest BCUT2D eigenvalue weighted by molar-refractivity contribution is -0.136. The van der Waals surface area contributed by atoms with E-state index in [1.807, 2.05) is 0 Å². The summed E-state index contributed by atoms with van der Waals surface area (Å²) >= 11 is 5.89. The fraction of sp³-hybridized carbons (Fsp3) is 0.214. The smallest absolute Gasteiger partial charge is 0.308 e. The van der Waals surface area contributed by atoms with E-state index in [0.29, 0.717) is 27.9 Å². The molecule has 0 radical (unpaired) electrons. The van der Waals surface area contributed by atoms with Crippen molar-refractivity contribution >= 4 is 17.6 Å². The van der Waals surface area contributed by atoms with E-state index < -0.39 is 11.5 Å². The number of carbonyl (C=O) groups is 1. The number of methoxy groups -OCH3 is 1. The summed E-state index contributed by atoms with van der Waals surface area (Å²) in [5, 5.41) is 9.30. The molecule has 110 valence electrons. The second-order valence-electron chi connectivity index (χ2n) is 4.39. The van der Waals surface area contributed by atoms with Crippen molar-refractivity contribution in [3.63, 3.8) is 0 Å². The summed E-state index contributed by atoms with van der Waals surface area (Å²) in [6.07, 6.45) is -0.369. The Morgan fingerprint density at radius 2 is 2.19 bits per heavy atom. The maximum absolute atomic E-state index is 12.0. The van der Waals surface area contributed by atoms with Crippen LogP contribution < -0.4 is 10.3 Å². The average molecular weight is 309 g/mol. The lowest BCUT2D eigenvalue weighted by Gasteiger charge is -2.10. The molecule has 0 unspecified atom stereocenters. The van der Waals surface area contributed by atoms with Crippen molar-refractivity contribution in [2.45, 2.75) is 13.3 Å². The van der Waals surface area contributed by atoms with Crippen molar-refractivity contribution in [1.82, 2.24) is 9.97 Å². The van der Waals surface area contributed by atoms with Gasteiger partial charge in [0.1, 0.15) is 11.6 Å². The molecule has 0 saturated heterocycles. The van der Waals surface area contributed by atoms with Gasteiger partial charge in [-0.1, -0.05) is 11.6 Å². The van der Waals surface area contributed by atoms with E-state index in [0.717, 1.165) is 0 Å². The standard InChI is InChI=1S/C14H13ClN2O4/c1-7-10(6-12(18)19)14(20)17-13(16-7)9-4-3-8(15)5-11(9)21-2/h3-5H,6H2,1-2H3,(H,18,19)(H,16,17,20). The summed E-state index contributed by atoms with van der Waals surface area (Å²) in [6.45, 7) is 1.60. The number of nitrogens with one attached hydrogen (secondary N) is 1. The van der Waals surface area contributed by atoms with Crippen LogP contribution in [0.15, 0.2) is 23.0 Å². The van der Waals surface area contributed by atoms with Gasteiger partial charge in [-0.3, -0.25) is 9.59 Å². The van der Waals surface area contributed by atoms with Crippen LogP contribution in [0.25, 0.3) is 11.4 Å². The molecule has 0 spiro atoms. The summed E-state index contributed by atoms with van der Waals surface area (Å²) < 4.78 is 5.21. The van der Waals surface area contributed by atoms with Crippen molar-refractivity contribution < 1.29 is 14.6 Å². The Morgan fingerprint density at radius 1 is 1.48 bits per heavy atom. The van der Waals surface area contributed by atoms with Crippen molar-refractivity contribution in [2.75, 3.05) is 7.11 Å². The van der Waals surface area contributed by atoms with Gasteiger partial charge in [0.25, 0.3) is 5.56 Å². The third kappa shape index (κ3) is 3.22. The van der Waals surface area contributed by atoms with Gasteiger partial charge in [0.2, 0.25) is 0 Å². The van der Waals surface area contributed by atoms with Gasteiger partial charge in [-0.2, -0.15) is 0 Å². The van der Waals surface area contributed by atoms with Gasteiger partial charge in [-0.05, 0) is 25.1 Å². The number of carboxylic acids is 1. The van der Waals surface area contributed by atoms with E-state index in [9.17, 15) is 9.59 Å². The van der Waals surface area contributed by atoms with Gasteiger partial charge in [-0.25, -0.2) is 4.98 Å². The van der Waals surface area contributed by atoms with E-state index in [2.05, 4.69) is 9.97 Å². The first-order valence-electron chi connectivity index (χ1n) is 6.08.